The fourth-order valence-corrected chi connectivity index (χ4v) is 3.26. The second-order valence-electron chi connectivity index (χ2n) is 3.49. The number of Topliss-reactive ketones (excluding diaryl/α,β-unsaturated/α-hetero) is 1. The van der Waals surface area contributed by atoms with Crippen LogP contribution in [0.1, 0.15) is 22.5 Å². The van der Waals surface area contributed by atoms with Gasteiger partial charge in [0.05, 0.1) is 10.6 Å². The summed E-state index contributed by atoms with van der Waals surface area (Å²) in [4.78, 5) is 22.2. The van der Waals surface area contributed by atoms with Crippen molar-refractivity contribution in [2.75, 3.05) is 11.5 Å². The first-order chi connectivity index (χ1) is 7.91. The molecule has 0 atom stereocenters. The second-order valence-corrected chi connectivity index (χ2v) is 6.62. The number of thiophene rings is 1. The Labute approximate surface area is 103 Å². The van der Waals surface area contributed by atoms with Gasteiger partial charge in [-0.15, -0.1) is 11.3 Å². The molecule has 0 unspecified atom stereocenters. The molecule has 1 heterocycles. The molecule has 0 aliphatic heterocycles. The quantitative estimate of drug-likeness (QED) is 0.756. The molecule has 1 N–H and O–H groups in total. The van der Waals surface area contributed by atoms with Crippen molar-refractivity contribution in [2.45, 2.75) is 12.8 Å². The first kappa shape index (κ1) is 13.9. The predicted molar refractivity (Wildman–Crippen MR) is 64.2 cm³/mol. The summed E-state index contributed by atoms with van der Waals surface area (Å²) in [6.45, 7) is 0. The van der Waals surface area contributed by atoms with Gasteiger partial charge in [-0.2, -0.15) is 0 Å². The van der Waals surface area contributed by atoms with E-state index in [-0.39, 0.29) is 18.6 Å². The van der Waals surface area contributed by atoms with Crippen molar-refractivity contribution in [2.24, 2.45) is 0 Å². The standard InChI is InChI=1S/C10H12O5S2/c11-8(9-3-1-5-16-9)7-17(14,15)6-2-4-10(12)13/h1,3,5H,2,4,6-7H2,(H,12,13). The van der Waals surface area contributed by atoms with Gasteiger partial charge in [0.1, 0.15) is 5.75 Å². The summed E-state index contributed by atoms with van der Waals surface area (Å²) in [5.74, 6) is -2.29. The fraction of sp³-hybridized carbons (Fsp3) is 0.400. The summed E-state index contributed by atoms with van der Waals surface area (Å²) < 4.78 is 23.0. The summed E-state index contributed by atoms with van der Waals surface area (Å²) in [7, 11) is -3.51. The normalized spacial score (nSPS) is 11.3. The molecule has 0 saturated carbocycles. The van der Waals surface area contributed by atoms with Crippen LogP contribution >= 0.6 is 11.3 Å². The minimum atomic E-state index is -3.51. The summed E-state index contributed by atoms with van der Waals surface area (Å²) in [5.41, 5.74) is 0. The lowest BCUT2D eigenvalue weighted by atomic mass is 10.3. The van der Waals surface area contributed by atoms with E-state index in [1.165, 1.54) is 11.3 Å². The van der Waals surface area contributed by atoms with E-state index in [0.29, 0.717) is 4.88 Å². The smallest absolute Gasteiger partial charge is 0.303 e. The zero-order chi connectivity index (χ0) is 12.9. The number of carboxylic acids is 1. The van der Waals surface area contributed by atoms with Gasteiger partial charge in [-0.25, -0.2) is 8.42 Å². The number of aliphatic carboxylic acids is 1. The van der Waals surface area contributed by atoms with Crippen LogP contribution in [0.3, 0.4) is 0 Å². The van der Waals surface area contributed by atoms with E-state index in [1.54, 1.807) is 17.5 Å². The molecular formula is C10H12O5S2. The van der Waals surface area contributed by atoms with Crippen LogP contribution in [-0.4, -0.2) is 36.8 Å². The van der Waals surface area contributed by atoms with E-state index in [4.69, 9.17) is 5.11 Å². The molecule has 1 aromatic rings. The molecule has 0 radical (unpaired) electrons. The van der Waals surface area contributed by atoms with Crippen LogP contribution in [0.25, 0.3) is 0 Å². The van der Waals surface area contributed by atoms with Gasteiger partial charge in [0.2, 0.25) is 0 Å². The summed E-state index contributed by atoms with van der Waals surface area (Å²) in [5, 5.41) is 10.1. The molecule has 94 valence electrons. The topological polar surface area (TPSA) is 88.5 Å². The van der Waals surface area contributed by atoms with Crippen molar-refractivity contribution in [3.63, 3.8) is 0 Å². The lowest BCUT2D eigenvalue weighted by Gasteiger charge is -2.01. The van der Waals surface area contributed by atoms with Crippen LogP contribution in [0.5, 0.6) is 0 Å². The molecule has 1 rings (SSSR count). The van der Waals surface area contributed by atoms with Crippen LogP contribution in [0.15, 0.2) is 17.5 Å². The van der Waals surface area contributed by atoms with Gasteiger partial charge < -0.3 is 5.11 Å². The Morgan fingerprint density at radius 1 is 1.35 bits per heavy atom. The number of hydrogen-bond acceptors (Lipinski definition) is 5. The third kappa shape index (κ3) is 5.10. The minimum absolute atomic E-state index is 0.0371. The van der Waals surface area contributed by atoms with Gasteiger partial charge in [-0.05, 0) is 17.9 Å². The Balaban J connectivity index is 2.49. The number of carboxylic acid groups (broad SMARTS) is 1. The zero-order valence-corrected chi connectivity index (χ0v) is 10.6. The molecular weight excluding hydrogens is 264 g/mol. The van der Waals surface area contributed by atoms with Gasteiger partial charge >= 0.3 is 5.97 Å². The number of ketones is 1. The minimum Gasteiger partial charge on any atom is -0.481 e. The fourth-order valence-electron chi connectivity index (χ4n) is 1.22. The average Bonchev–Trinajstić information content (AvgIpc) is 2.68. The second kappa shape index (κ2) is 5.92. The van der Waals surface area contributed by atoms with Crippen molar-refractivity contribution in [3.8, 4) is 0 Å². The van der Waals surface area contributed by atoms with E-state index in [2.05, 4.69) is 0 Å². The molecule has 0 aromatic carbocycles. The molecule has 0 amide bonds. The van der Waals surface area contributed by atoms with E-state index in [9.17, 15) is 18.0 Å². The SMILES string of the molecule is O=C(O)CCCS(=O)(=O)CC(=O)c1cccs1. The highest BCUT2D eigenvalue weighted by Crippen LogP contribution is 2.11. The van der Waals surface area contributed by atoms with Crippen molar-refractivity contribution >= 4 is 32.9 Å². The van der Waals surface area contributed by atoms with Gasteiger partial charge in [0.25, 0.3) is 0 Å². The third-order valence-electron chi connectivity index (χ3n) is 1.99. The van der Waals surface area contributed by atoms with Crippen LogP contribution in [-0.2, 0) is 14.6 Å². The molecule has 0 aliphatic rings. The predicted octanol–water partition coefficient (Wildman–Crippen LogP) is 1.21. The molecule has 0 saturated heterocycles. The Kier molecular flexibility index (Phi) is 4.83. The van der Waals surface area contributed by atoms with Gasteiger partial charge in [-0.3, -0.25) is 9.59 Å². The van der Waals surface area contributed by atoms with Crippen molar-refractivity contribution in [1.82, 2.24) is 0 Å². The Morgan fingerprint density at radius 3 is 2.59 bits per heavy atom. The third-order valence-corrected chi connectivity index (χ3v) is 4.52. The van der Waals surface area contributed by atoms with Gasteiger partial charge in [0.15, 0.2) is 15.6 Å². The molecule has 17 heavy (non-hydrogen) atoms. The summed E-state index contributed by atoms with van der Waals surface area (Å²) in [6.07, 6.45) is -0.165. The largest absolute Gasteiger partial charge is 0.481 e. The Hall–Kier alpha value is -1.21. The summed E-state index contributed by atoms with van der Waals surface area (Å²) >= 11 is 1.19. The molecule has 0 bridgehead atoms. The molecule has 0 aliphatic carbocycles. The Bertz CT molecular complexity index is 487. The van der Waals surface area contributed by atoms with E-state index in [0.717, 1.165) is 0 Å². The Morgan fingerprint density at radius 2 is 2.06 bits per heavy atom. The van der Waals surface area contributed by atoms with Crippen molar-refractivity contribution in [3.05, 3.63) is 22.4 Å². The van der Waals surface area contributed by atoms with E-state index in [1.807, 2.05) is 0 Å². The molecule has 1 aromatic heterocycles. The number of carbonyl (C=O) groups is 2. The van der Waals surface area contributed by atoms with Crippen LogP contribution in [0.4, 0.5) is 0 Å². The number of sulfone groups is 1. The first-order valence-corrected chi connectivity index (χ1v) is 7.60. The van der Waals surface area contributed by atoms with Gasteiger partial charge in [-0.1, -0.05) is 6.07 Å². The van der Waals surface area contributed by atoms with Crippen LogP contribution in [0, 0.1) is 0 Å². The maximum Gasteiger partial charge on any atom is 0.303 e. The molecule has 7 heteroatoms. The number of carbonyl (C=O) groups excluding carboxylic acids is 1. The highest BCUT2D eigenvalue weighted by atomic mass is 32.2. The maximum absolute atomic E-state index is 11.5. The van der Waals surface area contributed by atoms with E-state index >= 15 is 0 Å². The number of hydrogen-bond donors (Lipinski definition) is 1. The lowest BCUT2D eigenvalue weighted by Crippen LogP contribution is -2.19. The first-order valence-electron chi connectivity index (χ1n) is 4.89. The lowest BCUT2D eigenvalue weighted by molar-refractivity contribution is -0.137. The zero-order valence-electron chi connectivity index (χ0n) is 8.96. The van der Waals surface area contributed by atoms with Crippen molar-refractivity contribution < 1.29 is 23.1 Å². The molecule has 5 nitrogen and oxygen atoms in total. The van der Waals surface area contributed by atoms with Gasteiger partial charge in [0, 0.05) is 6.42 Å². The maximum atomic E-state index is 11.5. The highest BCUT2D eigenvalue weighted by Gasteiger charge is 2.18. The number of rotatable bonds is 7. The monoisotopic (exact) mass is 276 g/mol. The van der Waals surface area contributed by atoms with Crippen molar-refractivity contribution in [1.29, 1.82) is 0 Å². The highest BCUT2D eigenvalue weighted by molar-refractivity contribution is 7.92. The average molecular weight is 276 g/mol. The van der Waals surface area contributed by atoms with E-state index < -0.39 is 27.3 Å². The van der Waals surface area contributed by atoms with Crippen LogP contribution in [0.2, 0.25) is 0 Å². The van der Waals surface area contributed by atoms with Crippen LogP contribution < -0.4 is 0 Å². The summed E-state index contributed by atoms with van der Waals surface area (Å²) in [6, 6.07) is 3.24. The molecule has 0 fully saturated rings. The molecule has 0 spiro atoms.